The average Bonchev–Trinajstić information content (AvgIpc) is 2.88. The number of benzene rings is 1. The summed E-state index contributed by atoms with van der Waals surface area (Å²) in [4.78, 5) is 45.4. The van der Waals surface area contributed by atoms with Gasteiger partial charge in [-0.3, -0.25) is 24.3 Å². The number of hydrogen-bond donors (Lipinski definition) is 5. The van der Waals surface area contributed by atoms with E-state index in [9.17, 15) is 34.8 Å². The first-order valence-electron chi connectivity index (χ1n) is 12.9. The van der Waals surface area contributed by atoms with Crippen molar-refractivity contribution < 1.29 is 34.8 Å². The van der Waals surface area contributed by atoms with E-state index in [0.29, 0.717) is 35.2 Å². The van der Waals surface area contributed by atoms with Crippen LogP contribution >= 0.6 is 0 Å². The van der Waals surface area contributed by atoms with Crippen molar-refractivity contribution in [3.8, 4) is 17.0 Å². The normalized spacial score (nSPS) is 25.8. The van der Waals surface area contributed by atoms with Crippen LogP contribution in [0.15, 0.2) is 47.4 Å². The van der Waals surface area contributed by atoms with Gasteiger partial charge in [-0.05, 0) is 68.6 Å². The van der Waals surface area contributed by atoms with E-state index in [1.54, 1.807) is 26.4 Å². The van der Waals surface area contributed by atoms with Gasteiger partial charge in [0, 0.05) is 23.3 Å². The van der Waals surface area contributed by atoms with Crippen LogP contribution in [0.5, 0.6) is 5.75 Å². The minimum absolute atomic E-state index is 0. The summed E-state index contributed by atoms with van der Waals surface area (Å²) < 4.78 is 0. The van der Waals surface area contributed by atoms with Crippen LogP contribution in [-0.4, -0.2) is 73.5 Å². The van der Waals surface area contributed by atoms with Crippen molar-refractivity contribution in [3.05, 3.63) is 64.1 Å². The van der Waals surface area contributed by atoms with Crippen LogP contribution in [0.3, 0.4) is 0 Å². The fraction of sp³-hybridized carbons (Fsp3) is 0.400. The zero-order valence-electron chi connectivity index (χ0n) is 21.9. The molecule has 1 fully saturated rings. The highest BCUT2D eigenvalue weighted by molar-refractivity contribution is 6.24. The number of pyridine rings is 1. The van der Waals surface area contributed by atoms with E-state index in [4.69, 9.17) is 5.73 Å². The second-order valence-corrected chi connectivity index (χ2v) is 10.7. The van der Waals surface area contributed by atoms with Crippen molar-refractivity contribution in [2.45, 2.75) is 51.7 Å². The first-order valence-corrected chi connectivity index (χ1v) is 12.9. The molecular formula is C30H35N3O7. The third kappa shape index (κ3) is 3.93. The Hall–Kier alpha value is -4.02. The number of likely N-dealkylation sites (N-methyl/N-ethyl adjacent to an activating group) is 1. The monoisotopic (exact) mass is 549 g/mol. The van der Waals surface area contributed by atoms with Crippen LogP contribution in [-0.2, 0) is 27.2 Å². The van der Waals surface area contributed by atoms with Crippen LogP contribution in [0.2, 0.25) is 0 Å². The summed E-state index contributed by atoms with van der Waals surface area (Å²) in [7, 11) is 3.14. The number of nitrogens with zero attached hydrogens (tertiary/aromatic N) is 2. The van der Waals surface area contributed by atoms with Crippen molar-refractivity contribution in [2.75, 3.05) is 14.1 Å². The van der Waals surface area contributed by atoms with Crippen LogP contribution in [0.25, 0.3) is 17.0 Å². The lowest BCUT2D eigenvalue weighted by Crippen LogP contribution is -2.65. The number of aliphatic hydroxyl groups excluding tert-OH is 2. The molecule has 0 spiro atoms. The molecule has 0 unspecified atom stereocenters. The van der Waals surface area contributed by atoms with E-state index in [-0.39, 0.29) is 37.2 Å². The number of aryl methyl sites for hydroxylation is 1. The number of carbonyl (C=O) groups is 3. The smallest absolute Gasteiger partial charge is 0.255 e. The molecule has 3 aliphatic rings. The Kier molecular flexibility index (Phi) is 7.38. The number of hydrogen-bond acceptors (Lipinski definition) is 9. The molecular weight excluding hydrogens is 514 g/mol. The van der Waals surface area contributed by atoms with E-state index in [0.717, 1.165) is 0 Å². The minimum atomic E-state index is -2.66. The molecule has 1 saturated carbocycles. The highest BCUT2D eigenvalue weighted by Crippen LogP contribution is 2.54. The van der Waals surface area contributed by atoms with Crippen molar-refractivity contribution in [3.63, 3.8) is 0 Å². The van der Waals surface area contributed by atoms with Crippen LogP contribution < -0.4 is 5.73 Å². The molecule has 10 heteroatoms. The number of phenols is 1. The van der Waals surface area contributed by atoms with Gasteiger partial charge >= 0.3 is 0 Å². The largest absolute Gasteiger partial charge is 0.508 e. The SMILES string of the molecule is C.CCCc1cc(-c2ccccn2)c2c(c1O)C(O)=C1C(=O)[C@]3(O)C(O)=C(C(N)=O)C(=O)[C@@H](N(C)C)[C@@H]3C[C@@H]1C2. The summed E-state index contributed by atoms with van der Waals surface area (Å²) in [5.41, 5.74) is 4.29. The first-order chi connectivity index (χ1) is 18.4. The zero-order valence-corrected chi connectivity index (χ0v) is 21.9. The van der Waals surface area contributed by atoms with Gasteiger partial charge in [-0.15, -0.1) is 0 Å². The van der Waals surface area contributed by atoms with E-state index >= 15 is 0 Å². The molecule has 1 aromatic carbocycles. The maximum absolute atomic E-state index is 14.0. The second kappa shape index (κ2) is 10.2. The second-order valence-electron chi connectivity index (χ2n) is 10.7. The van der Waals surface area contributed by atoms with Crippen LogP contribution in [0.4, 0.5) is 0 Å². The van der Waals surface area contributed by atoms with Gasteiger partial charge in [-0.1, -0.05) is 26.8 Å². The quantitative estimate of drug-likeness (QED) is 0.351. The summed E-state index contributed by atoms with van der Waals surface area (Å²) in [6.07, 6.45) is 3.10. The van der Waals surface area contributed by atoms with E-state index < -0.39 is 58.0 Å². The molecule has 0 bridgehead atoms. The highest BCUT2D eigenvalue weighted by atomic mass is 16.3. The number of aromatic nitrogens is 1. The number of aromatic hydroxyl groups is 1. The zero-order chi connectivity index (χ0) is 28.4. The van der Waals surface area contributed by atoms with Crippen molar-refractivity contribution in [2.24, 2.45) is 17.6 Å². The fourth-order valence-electron chi connectivity index (χ4n) is 6.58. The molecule has 5 rings (SSSR count). The molecule has 1 amide bonds. The number of phenolic OH excluding ortho intramolecular Hbond substituents is 1. The fourth-order valence-corrected chi connectivity index (χ4v) is 6.58. The Labute approximate surface area is 232 Å². The van der Waals surface area contributed by atoms with Gasteiger partial charge in [0.1, 0.15) is 22.8 Å². The number of amides is 1. The number of ketones is 2. The molecule has 1 heterocycles. The van der Waals surface area contributed by atoms with Crippen LogP contribution in [0.1, 0.15) is 43.9 Å². The highest BCUT2D eigenvalue weighted by Gasteiger charge is 2.64. The molecule has 0 radical (unpaired) electrons. The number of fused-ring (bicyclic) bond motifs is 3. The van der Waals surface area contributed by atoms with Gasteiger partial charge in [0.2, 0.25) is 5.78 Å². The maximum Gasteiger partial charge on any atom is 0.255 e. The molecule has 212 valence electrons. The molecule has 6 N–H and O–H groups in total. The summed E-state index contributed by atoms with van der Waals surface area (Å²) in [5, 5.41) is 45.5. The van der Waals surface area contributed by atoms with E-state index in [2.05, 4.69) is 4.98 Å². The summed E-state index contributed by atoms with van der Waals surface area (Å²) >= 11 is 0. The third-order valence-corrected chi connectivity index (χ3v) is 8.26. The summed E-state index contributed by atoms with van der Waals surface area (Å²) in [6, 6.07) is 6.15. The molecule has 2 aromatic rings. The Morgan fingerprint density at radius 3 is 2.48 bits per heavy atom. The lowest BCUT2D eigenvalue weighted by molar-refractivity contribution is -0.153. The Bertz CT molecular complexity index is 1480. The van der Waals surface area contributed by atoms with Gasteiger partial charge in [0.05, 0.1) is 17.3 Å². The Morgan fingerprint density at radius 2 is 1.90 bits per heavy atom. The molecule has 0 aliphatic heterocycles. The lowest BCUT2D eigenvalue weighted by Gasteiger charge is -2.50. The Balaban J connectivity index is 0.00000370. The predicted molar refractivity (Wildman–Crippen MR) is 148 cm³/mol. The molecule has 1 aromatic heterocycles. The third-order valence-electron chi connectivity index (χ3n) is 8.26. The van der Waals surface area contributed by atoms with Gasteiger partial charge in [0.25, 0.3) is 5.91 Å². The molecule has 0 saturated heterocycles. The average molecular weight is 550 g/mol. The molecule has 3 aliphatic carbocycles. The number of rotatable bonds is 5. The van der Waals surface area contributed by atoms with Crippen molar-refractivity contribution in [1.82, 2.24) is 9.88 Å². The van der Waals surface area contributed by atoms with Crippen LogP contribution in [0, 0.1) is 11.8 Å². The van der Waals surface area contributed by atoms with Gasteiger partial charge in [-0.2, -0.15) is 0 Å². The minimum Gasteiger partial charge on any atom is -0.508 e. The molecule has 4 atom stereocenters. The first kappa shape index (κ1) is 29.0. The number of aliphatic hydroxyl groups is 3. The van der Waals surface area contributed by atoms with Crippen molar-refractivity contribution in [1.29, 1.82) is 0 Å². The number of Topliss-reactive ketones (excluding diaryl/α,β-unsaturated/α-hetero) is 2. The Morgan fingerprint density at radius 1 is 1.20 bits per heavy atom. The van der Waals surface area contributed by atoms with Crippen molar-refractivity contribution >= 4 is 23.2 Å². The standard InChI is InChI=1S/C29H31N3O7.CH4/c1-4-7-13-10-15(18-8-5-6-9-31-18)16-11-14-12-17-22(32(2)3)25(35)21(28(30)38)27(37)29(17,39)26(36)19(14)24(34)20(16)23(13)33;/h5-6,8-10,14,17,22,33-34,37,39H,4,7,11-12H2,1-3H3,(H2,30,38);1H4/t14-,17-,22-,29-;/m0./s1. The lowest BCUT2D eigenvalue weighted by atomic mass is 9.57. The maximum atomic E-state index is 14.0. The molecule has 10 nitrogen and oxygen atoms in total. The van der Waals surface area contributed by atoms with Gasteiger partial charge < -0.3 is 26.2 Å². The summed E-state index contributed by atoms with van der Waals surface area (Å²) in [5.74, 6) is -6.61. The van der Waals surface area contributed by atoms with Gasteiger partial charge in [0.15, 0.2) is 11.4 Å². The summed E-state index contributed by atoms with van der Waals surface area (Å²) in [6.45, 7) is 1.95. The molecule has 40 heavy (non-hydrogen) atoms. The van der Waals surface area contributed by atoms with Gasteiger partial charge in [-0.25, -0.2) is 0 Å². The van der Waals surface area contributed by atoms with E-state index in [1.807, 2.05) is 25.1 Å². The number of primary amides is 1. The topological polar surface area (TPSA) is 174 Å². The number of nitrogens with two attached hydrogens (primary N) is 1. The van der Waals surface area contributed by atoms with E-state index in [1.165, 1.54) is 4.90 Å². The predicted octanol–water partition coefficient (Wildman–Crippen LogP) is 2.61. The number of carbonyl (C=O) groups excluding carboxylic acids is 3.